The summed E-state index contributed by atoms with van der Waals surface area (Å²) in [5.74, 6) is 1.75. The summed E-state index contributed by atoms with van der Waals surface area (Å²) in [5, 5.41) is 0.964. The molecule has 35 heavy (non-hydrogen) atoms. The number of nitrogens with zero attached hydrogens (tertiary/aromatic N) is 1. The van der Waals surface area contributed by atoms with E-state index in [1.165, 1.54) is 11.8 Å². The molecule has 0 bridgehead atoms. The van der Waals surface area contributed by atoms with Crippen molar-refractivity contribution in [3.05, 3.63) is 92.3 Å². The lowest BCUT2D eigenvalue weighted by atomic mass is 10.1. The molecule has 0 spiro atoms. The Kier molecular flexibility index (Phi) is 8.23. The summed E-state index contributed by atoms with van der Waals surface area (Å²) in [6, 6.07) is 18.4. The van der Waals surface area contributed by atoms with Gasteiger partial charge in [0.05, 0.1) is 35.7 Å². The summed E-state index contributed by atoms with van der Waals surface area (Å²) in [6.07, 6.45) is 1.80. The maximum atomic E-state index is 13.0. The number of thioether (sulfide) groups is 1. The number of amides is 1. The molecular weight excluding hydrogens is 525 g/mol. The summed E-state index contributed by atoms with van der Waals surface area (Å²) >= 11 is 18.8. The fourth-order valence-corrected chi connectivity index (χ4v) is 4.96. The van der Waals surface area contributed by atoms with E-state index in [4.69, 9.17) is 49.6 Å². The Hall–Kier alpha value is -2.71. The van der Waals surface area contributed by atoms with Crippen molar-refractivity contribution in [2.24, 2.45) is 0 Å². The maximum absolute atomic E-state index is 13.0. The molecule has 0 radical (unpaired) electrons. The van der Waals surface area contributed by atoms with Crippen molar-refractivity contribution < 1.29 is 19.0 Å². The number of thiocarbonyl (C=S) groups is 1. The normalized spacial score (nSPS) is 14.5. The Morgan fingerprint density at radius 1 is 0.914 bits per heavy atom. The Morgan fingerprint density at radius 3 is 2.34 bits per heavy atom. The highest BCUT2D eigenvalue weighted by atomic mass is 35.5. The topological polar surface area (TPSA) is 48.0 Å². The average Bonchev–Trinajstić information content (AvgIpc) is 3.12. The van der Waals surface area contributed by atoms with Gasteiger partial charge in [-0.1, -0.05) is 71.4 Å². The van der Waals surface area contributed by atoms with E-state index in [1.807, 2.05) is 42.5 Å². The van der Waals surface area contributed by atoms with Crippen molar-refractivity contribution in [1.82, 2.24) is 4.90 Å². The van der Waals surface area contributed by atoms with Crippen LogP contribution in [0.5, 0.6) is 17.2 Å². The second kappa shape index (κ2) is 11.4. The number of hydrogen-bond acceptors (Lipinski definition) is 6. The zero-order valence-corrected chi connectivity index (χ0v) is 22.1. The minimum atomic E-state index is -0.130. The monoisotopic (exact) mass is 545 g/mol. The maximum Gasteiger partial charge on any atom is 0.266 e. The summed E-state index contributed by atoms with van der Waals surface area (Å²) < 4.78 is 17.1. The second-order valence-electron chi connectivity index (χ2n) is 7.56. The van der Waals surface area contributed by atoms with Crippen LogP contribution in [0, 0.1) is 0 Å². The summed E-state index contributed by atoms with van der Waals surface area (Å²) in [5.41, 5.74) is 2.65. The number of carbonyl (C=O) groups excluding carboxylic acids is 1. The Morgan fingerprint density at radius 2 is 1.66 bits per heavy atom. The van der Waals surface area contributed by atoms with Crippen molar-refractivity contribution >= 4 is 63.5 Å². The molecule has 1 amide bonds. The molecule has 0 aliphatic carbocycles. The third-order valence-electron chi connectivity index (χ3n) is 5.24. The van der Waals surface area contributed by atoms with Crippen LogP contribution in [0.1, 0.15) is 16.7 Å². The fourth-order valence-electron chi connectivity index (χ4n) is 3.38. The molecule has 3 aromatic rings. The first kappa shape index (κ1) is 25.4. The third-order valence-corrected chi connectivity index (χ3v) is 7.35. The fraction of sp³-hybridized carbons (Fsp3) is 0.154. The molecule has 5 nitrogen and oxygen atoms in total. The molecule has 0 saturated carbocycles. The molecule has 4 rings (SSSR count). The molecule has 0 aromatic heterocycles. The van der Waals surface area contributed by atoms with E-state index < -0.39 is 0 Å². The molecule has 0 atom stereocenters. The minimum Gasteiger partial charge on any atom is -0.497 e. The molecule has 180 valence electrons. The van der Waals surface area contributed by atoms with Crippen LogP contribution in [0.2, 0.25) is 10.0 Å². The van der Waals surface area contributed by atoms with Crippen molar-refractivity contribution in [3.63, 3.8) is 0 Å². The molecule has 1 heterocycles. The van der Waals surface area contributed by atoms with Crippen molar-refractivity contribution in [3.8, 4) is 17.2 Å². The number of ether oxygens (including phenoxy) is 3. The molecule has 1 aliphatic rings. The molecule has 1 fully saturated rings. The lowest BCUT2D eigenvalue weighted by Gasteiger charge is -2.14. The first-order chi connectivity index (χ1) is 16.9. The van der Waals surface area contributed by atoms with E-state index in [0.717, 1.165) is 22.4 Å². The van der Waals surface area contributed by atoms with Crippen molar-refractivity contribution in [2.75, 3.05) is 14.2 Å². The SMILES string of the molecule is COc1ccc(CN2C(=O)/C(=C\c3ccc(OCc4ccc(Cl)c(Cl)c4)c(OC)c3)SC2=S)cc1. The van der Waals surface area contributed by atoms with Gasteiger partial charge in [-0.25, -0.2) is 0 Å². The Labute approximate surface area is 223 Å². The van der Waals surface area contributed by atoms with E-state index >= 15 is 0 Å². The third kappa shape index (κ3) is 6.11. The van der Waals surface area contributed by atoms with Gasteiger partial charge in [-0.2, -0.15) is 0 Å². The van der Waals surface area contributed by atoms with Gasteiger partial charge < -0.3 is 14.2 Å². The standard InChI is InChI=1S/C26H21Cl2NO4S2/c1-31-19-7-3-16(4-8-19)14-29-25(30)24(35-26(29)34)13-17-6-10-22(23(12-17)32-2)33-15-18-5-9-20(27)21(28)11-18/h3-13H,14-15H2,1-2H3/b24-13+. The van der Waals surface area contributed by atoms with Gasteiger partial charge in [0, 0.05) is 0 Å². The zero-order chi connectivity index (χ0) is 24.9. The lowest BCUT2D eigenvalue weighted by Crippen LogP contribution is -2.27. The van der Waals surface area contributed by atoms with Gasteiger partial charge in [-0.3, -0.25) is 9.69 Å². The van der Waals surface area contributed by atoms with Crippen LogP contribution >= 0.6 is 47.2 Å². The molecule has 1 saturated heterocycles. The first-order valence-electron chi connectivity index (χ1n) is 10.5. The van der Waals surface area contributed by atoms with E-state index in [2.05, 4.69) is 0 Å². The van der Waals surface area contributed by atoms with Gasteiger partial charge in [-0.15, -0.1) is 0 Å². The predicted molar refractivity (Wildman–Crippen MR) is 145 cm³/mol. The number of rotatable bonds is 8. The van der Waals surface area contributed by atoms with Gasteiger partial charge in [-0.05, 0) is 59.2 Å². The lowest BCUT2D eigenvalue weighted by molar-refractivity contribution is -0.122. The quantitative estimate of drug-likeness (QED) is 0.224. The van der Waals surface area contributed by atoms with E-state index in [9.17, 15) is 4.79 Å². The number of carbonyl (C=O) groups is 1. The van der Waals surface area contributed by atoms with Crippen LogP contribution in [0.25, 0.3) is 6.08 Å². The van der Waals surface area contributed by atoms with Gasteiger partial charge in [0.15, 0.2) is 11.5 Å². The number of halogens is 2. The number of benzene rings is 3. The van der Waals surface area contributed by atoms with Crippen LogP contribution in [0.15, 0.2) is 65.6 Å². The van der Waals surface area contributed by atoms with Crippen LogP contribution in [-0.4, -0.2) is 29.3 Å². The number of hydrogen-bond donors (Lipinski definition) is 0. The van der Waals surface area contributed by atoms with Gasteiger partial charge >= 0.3 is 0 Å². The van der Waals surface area contributed by atoms with Crippen LogP contribution in [0.4, 0.5) is 0 Å². The highest BCUT2D eigenvalue weighted by molar-refractivity contribution is 8.26. The average molecular weight is 546 g/mol. The van der Waals surface area contributed by atoms with Gasteiger partial charge in [0.2, 0.25) is 0 Å². The predicted octanol–water partition coefficient (Wildman–Crippen LogP) is 6.99. The Balaban J connectivity index is 1.46. The smallest absolute Gasteiger partial charge is 0.266 e. The van der Waals surface area contributed by atoms with Crippen molar-refractivity contribution in [2.45, 2.75) is 13.2 Å². The first-order valence-corrected chi connectivity index (χ1v) is 12.5. The van der Waals surface area contributed by atoms with Crippen LogP contribution in [0.3, 0.4) is 0 Å². The summed E-state index contributed by atoms with van der Waals surface area (Å²) in [4.78, 5) is 15.2. The Bertz CT molecular complexity index is 1300. The van der Waals surface area contributed by atoms with Crippen LogP contribution < -0.4 is 14.2 Å². The highest BCUT2D eigenvalue weighted by Crippen LogP contribution is 2.36. The molecule has 1 aliphatic heterocycles. The van der Waals surface area contributed by atoms with E-state index in [-0.39, 0.29) is 5.91 Å². The molecular formula is C26H21Cl2NO4S2. The second-order valence-corrected chi connectivity index (χ2v) is 10.1. The van der Waals surface area contributed by atoms with E-state index in [1.54, 1.807) is 43.4 Å². The molecule has 3 aromatic carbocycles. The van der Waals surface area contributed by atoms with Gasteiger partial charge in [0.25, 0.3) is 5.91 Å². The van der Waals surface area contributed by atoms with Gasteiger partial charge in [0.1, 0.15) is 16.7 Å². The van der Waals surface area contributed by atoms with E-state index in [0.29, 0.717) is 43.9 Å². The molecule has 9 heteroatoms. The number of methoxy groups -OCH3 is 2. The minimum absolute atomic E-state index is 0.130. The zero-order valence-electron chi connectivity index (χ0n) is 18.9. The largest absolute Gasteiger partial charge is 0.497 e. The van der Waals surface area contributed by atoms with Crippen molar-refractivity contribution in [1.29, 1.82) is 0 Å². The summed E-state index contributed by atoms with van der Waals surface area (Å²) in [6.45, 7) is 0.702. The highest BCUT2D eigenvalue weighted by Gasteiger charge is 2.32. The molecule has 0 N–H and O–H groups in total. The van der Waals surface area contributed by atoms with Crippen LogP contribution in [-0.2, 0) is 17.9 Å². The summed E-state index contributed by atoms with van der Waals surface area (Å²) in [7, 11) is 3.19. The molecule has 0 unspecified atom stereocenters.